The Balaban J connectivity index is 1.07. The molecule has 0 spiro atoms. The number of hydrogen-bond donors (Lipinski definition) is 0. The molecule has 2 unspecified atom stereocenters. The van der Waals surface area contributed by atoms with Gasteiger partial charge in [0, 0.05) is 39.3 Å². The SMILES string of the molecule is O=C(CN1CCN(CC(=O)N2CCOCC2C2CC2)CC1)N1CCOCC1C1CC1. The molecule has 8 heteroatoms. The monoisotopic (exact) mass is 420 g/mol. The molecule has 0 aromatic heterocycles. The summed E-state index contributed by atoms with van der Waals surface area (Å²) in [6.07, 6.45) is 4.93. The molecule has 0 N–H and O–H groups in total. The number of hydrogen-bond acceptors (Lipinski definition) is 6. The van der Waals surface area contributed by atoms with E-state index in [1.54, 1.807) is 0 Å². The number of morpholine rings is 2. The van der Waals surface area contributed by atoms with Crippen molar-refractivity contribution in [1.29, 1.82) is 0 Å². The van der Waals surface area contributed by atoms with Gasteiger partial charge in [-0.2, -0.15) is 0 Å². The first kappa shape index (κ1) is 20.7. The second-order valence-electron chi connectivity index (χ2n) is 9.69. The molecular weight excluding hydrogens is 384 g/mol. The summed E-state index contributed by atoms with van der Waals surface area (Å²) in [5.74, 6) is 1.80. The number of rotatable bonds is 6. The molecule has 30 heavy (non-hydrogen) atoms. The largest absolute Gasteiger partial charge is 0.377 e. The molecule has 0 radical (unpaired) electrons. The van der Waals surface area contributed by atoms with E-state index >= 15 is 0 Å². The summed E-state index contributed by atoms with van der Waals surface area (Å²) in [7, 11) is 0. The predicted octanol–water partition coefficient (Wildman–Crippen LogP) is -0.121. The molecule has 3 heterocycles. The van der Waals surface area contributed by atoms with Crippen LogP contribution in [0.5, 0.6) is 0 Å². The Morgan fingerprint density at radius 1 is 0.633 bits per heavy atom. The Hall–Kier alpha value is -1.22. The maximum atomic E-state index is 12.9. The van der Waals surface area contributed by atoms with Crippen LogP contribution in [0, 0.1) is 11.8 Å². The van der Waals surface area contributed by atoms with E-state index in [0.717, 1.165) is 39.3 Å². The molecule has 0 bridgehead atoms. The van der Waals surface area contributed by atoms with Gasteiger partial charge in [0.15, 0.2) is 0 Å². The fourth-order valence-electron chi connectivity index (χ4n) is 5.28. The number of amides is 2. The first-order chi connectivity index (χ1) is 14.7. The van der Waals surface area contributed by atoms with Crippen molar-refractivity contribution in [1.82, 2.24) is 19.6 Å². The number of carbonyl (C=O) groups excluding carboxylic acids is 2. The van der Waals surface area contributed by atoms with E-state index in [1.807, 2.05) is 0 Å². The standard InChI is InChI=1S/C22H36N4O4/c27-21(25-9-11-29-15-19(25)17-1-2-17)13-23-5-7-24(8-6-23)14-22(28)26-10-12-30-16-20(26)18-3-4-18/h17-20H,1-16H2. The van der Waals surface area contributed by atoms with Crippen LogP contribution in [0.4, 0.5) is 0 Å². The highest BCUT2D eigenvalue weighted by Crippen LogP contribution is 2.37. The third-order valence-electron chi connectivity index (χ3n) is 7.49. The van der Waals surface area contributed by atoms with Crippen LogP contribution in [-0.2, 0) is 19.1 Å². The molecule has 168 valence electrons. The minimum absolute atomic E-state index is 0.250. The zero-order chi connectivity index (χ0) is 20.5. The quantitative estimate of drug-likeness (QED) is 0.597. The summed E-state index contributed by atoms with van der Waals surface area (Å²) in [4.78, 5) is 34.5. The Morgan fingerprint density at radius 2 is 1.03 bits per heavy atom. The van der Waals surface area contributed by atoms with Gasteiger partial charge in [0.25, 0.3) is 0 Å². The molecule has 0 aromatic carbocycles. The van der Waals surface area contributed by atoms with Crippen molar-refractivity contribution in [2.75, 3.05) is 78.8 Å². The van der Waals surface area contributed by atoms with Gasteiger partial charge in [-0.05, 0) is 37.5 Å². The summed E-state index contributed by atoms with van der Waals surface area (Å²) in [5.41, 5.74) is 0. The Labute approximate surface area is 179 Å². The summed E-state index contributed by atoms with van der Waals surface area (Å²) in [6.45, 7) is 8.61. The highest BCUT2D eigenvalue weighted by atomic mass is 16.5. The van der Waals surface area contributed by atoms with Gasteiger partial charge in [-0.15, -0.1) is 0 Å². The lowest BCUT2D eigenvalue weighted by Gasteiger charge is -2.40. The normalized spacial score (nSPS) is 31.7. The molecule has 0 aromatic rings. The van der Waals surface area contributed by atoms with Gasteiger partial charge in [0.2, 0.25) is 11.8 Å². The van der Waals surface area contributed by atoms with Gasteiger partial charge in [0.05, 0.1) is 51.6 Å². The average molecular weight is 421 g/mol. The molecule has 3 saturated heterocycles. The molecule has 5 rings (SSSR count). The van der Waals surface area contributed by atoms with Crippen LogP contribution >= 0.6 is 0 Å². The van der Waals surface area contributed by atoms with Crippen molar-refractivity contribution in [3.63, 3.8) is 0 Å². The zero-order valence-corrected chi connectivity index (χ0v) is 18.0. The Bertz CT molecular complexity index is 577. The molecule has 2 aliphatic carbocycles. The Kier molecular flexibility index (Phi) is 6.27. The third-order valence-corrected chi connectivity index (χ3v) is 7.49. The van der Waals surface area contributed by atoms with E-state index < -0.39 is 0 Å². The molecule has 5 fully saturated rings. The lowest BCUT2D eigenvalue weighted by Crippen LogP contribution is -2.57. The van der Waals surface area contributed by atoms with Gasteiger partial charge >= 0.3 is 0 Å². The summed E-state index contributed by atoms with van der Waals surface area (Å²) in [6, 6.07) is 0.580. The maximum Gasteiger partial charge on any atom is 0.237 e. The van der Waals surface area contributed by atoms with Gasteiger partial charge in [-0.3, -0.25) is 19.4 Å². The van der Waals surface area contributed by atoms with E-state index in [2.05, 4.69) is 19.6 Å². The molecular formula is C22H36N4O4. The topological polar surface area (TPSA) is 65.6 Å². The number of piperazine rings is 1. The van der Waals surface area contributed by atoms with Gasteiger partial charge in [0.1, 0.15) is 0 Å². The minimum Gasteiger partial charge on any atom is -0.377 e. The van der Waals surface area contributed by atoms with Crippen LogP contribution in [0.1, 0.15) is 25.7 Å². The fourth-order valence-corrected chi connectivity index (χ4v) is 5.28. The van der Waals surface area contributed by atoms with E-state index in [1.165, 1.54) is 25.7 Å². The summed E-state index contributed by atoms with van der Waals surface area (Å²) in [5, 5.41) is 0. The molecule has 2 saturated carbocycles. The van der Waals surface area contributed by atoms with Crippen molar-refractivity contribution in [3.8, 4) is 0 Å². The van der Waals surface area contributed by atoms with Gasteiger partial charge in [-0.25, -0.2) is 0 Å². The van der Waals surface area contributed by atoms with Crippen LogP contribution in [0.15, 0.2) is 0 Å². The van der Waals surface area contributed by atoms with E-state index in [9.17, 15) is 9.59 Å². The number of ether oxygens (including phenoxy) is 2. The first-order valence-electron chi connectivity index (χ1n) is 11.9. The van der Waals surface area contributed by atoms with Crippen LogP contribution in [0.3, 0.4) is 0 Å². The summed E-state index contributed by atoms with van der Waals surface area (Å²) >= 11 is 0. The van der Waals surface area contributed by atoms with Crippen LogP contribution in [0.2, 0.25) is 0 Å². The molecule has 5 aliphatic rings. The molecule has 2 amide bonds. The smallest absolute Gasteiger partial charge is 0.237 e. The zero-order valence-electron chi connectivity index (χ0n) is 18.0. The lowest BCUT2D eigenvalue weighted by atomic mass is 10.1. The first-order valence-corrected chi connectivity index (χ1v) is 11.9. The molecule has 8 nitrogen and oxygen atoms in total. The second kappa shape index (κ2) is 9.10. The van der Waals surface area contributed by atoms with E-state index in [4.69, 9.17) is 9.47 Å². The predicted molar refractivity (Wildman–Crippen MR) is 111 cm³/mol. The van der Waals surface area contributed by atoms with Crippen molar-refractivity contribution < 1.29 is 19.1 Å². The highest BCUT2D eigenvalue weighted by molar-refractivity contribution is 5.79. The highest BCUT2D eigenvalue weighted by Gasteiger charge is 2.41. The lowest BCUT2D eigenvalue weighted by molar-refractivity contribution is -0.144. The maximum absolute atomic E-state index is 12.9. The second-order valence-corrected chi connectivity index (χ2v) is 9.69. The fraction of sp³-hybridized carbons (Fsp3) is 0.909. The van der Waals surface area contributed by atoms with Crippen molar-refractivity contribution >= 4 is 11.8 Å². The van der Waals surface area contributed by atoms with Crippen LogP contribution in [-0.4, -0.2) is 122 Å². The van der Waals surface area contributed by atoms with Crippen molar-refractivity contribution in [3.05, 3.63) is 0 Å². The number of nitrogens with zero attached hydrogens (tertiary/aromatic N) is 4. The average Bonchev–Trinajstić information content (AvgIpc) is 3.68. The number of carbonyl (C=O) groups is 2. The van der Waals surface area contributed by atoms with Crippen LogP contribution in [0.25, 0.3) is 0 Å². The van der Waals surface area contributed by atoms with Crippen molar-refractivity contribution in [2.24, 2.45) is 11.8 Å². The molecule has 3 aliphatic heterocycles. The minimum atomic E-state index is 0.250. The third kappa shape index (κ3) is 4.82. The van der Waals surface area contributed by atoms with E-state index in [-0.39, 0.29) is 23.9 Å². The van der Waals surface area contributed by atoms with Gasteiger partial charge < -0.3 is 19.3 Å². The summed E-state index contributed by atoms with van der Waals surface area (Å²) < 4.78 is 11.2. The van der Waals surface area contributed by atoms with Crippen molar-refractivity contribution in [2.45, 2.75) is 37.8 Å². The Morgan fingerprint density at radius 3 is 1.40 bits per heavy atom. The van der Waals surface area contributed by atoms with Gasteiger partial charge in [-0.1, -0.05) is 0 Å². The molecule has 2 atom stereocenters. The van der Waals surface area contributed by atoms with E-state index in [0.29, 0.717) is 51.4 Å². The van der Waals surface area contributed by atoms with Crippen LogP contribution < -0.4 is 0 Å².